The van der Waals surface area contributed by atoms with Crippen LogP contribution in [0.25, 0.3) is 11.1 Å². The molecule has 0 bridgehead atoms. The molecule has 7 heteroatoms. The van der Waals surface area contributed by atoms with Crippen LogP contribution in [0, 0.1) is 5.92 Å². The Bertz CT molecular complexity index is 1020. The third kappa shape index (κ3) is 6.02. The number of hydrogen-bond donors (Lipinski definition) is 3. The molecular weight excluding hydrogens is 444 g/mol. The maximum Gasteiger partial charge on any atom is 0.407 e. The summed E-state index contributed by atoms with van der Waals surface area (Å²) in [6.07, 6.45) is 4.15. The maximum atomic E-state index is 13.0. The molecule has 2 aromatic rings. The Balaban J connectivity index is 1.37. The molecule has 0 aliphatic heterocycles. The van der Waals surface area contributed by atoms with Gasteiger partial charge in [0.25, 0.3) is 0 Å². The van der Waals surface area contributed by atoms with Crippen molar-refractivity contribution in [3.05, 3.63) is 59.7 Å². The van der Waals surface area contributed by atoms with E-state index in [0.717, 1.165) is 30.4 Å². The van der Waals surface area contributed by atoms with Gasteiger partial charge in [0.2, 0.25) is 5.91 Å². The van der Waals surface area contributed by atoms with E-state index in [1.807, 2.05) is 31.2 Å². The minimum atomic E-state index is -0.879. The molecule has 0 radical (unpaired) electrons. The van der Waals surface area contributed by atoms with Crippen LogP contribution < -0.4 is 10.6 Å². The molecule has 2 aliphatic carbocycles. The van der Waals surface area contributed by atoms with E-state index in [0.29, 0.717) is 19.3 Å². The number of hydrogen-bond acceptors (Lipinski definition) is 4. The summed E-state index contributed by atoms with van der Waals surface area (Å²) < 4.78 is 5.71. The number of amides is 2. The lowest BCUT2D eigenvalue weighted by Crippen LogP contribution is -2.48. The second-order valence-electron chi connectivity index (χ2n) is 9.66. The van der Waals surface area contributed by atoms with E-state index in [1.165, 1.54) is 11.1 Å². The van der Waals surface area contributed by atoms with Gasteiger partial charge in [-0.3, -0.25) is 9.59 Å². The Hall–Kier alpha value is -3.35. The number of fused-ring (bicyclic) bond motifs is 3. The Morgan fingerprint density at radius 1 is 0.971 bits per heavy atom. The Labute approximate surface area is 206 Å². The van der Waals surface area contributed by atoms with Crippen molar-refractivity contribution in [2.45, 2.75) is 69.9 Å². The van der Waals surface area contributed by atoms with Gasteiger partial charge in [0.05, 0.1) is 5.92 Å². The number of rotatable bonds is 8. The fraction of sp³-hybridized carbons (Fsp3) is 0.464. The fourth-order valence-electron chi connectivity index (χ4n) is 5.35. The average molecular weight is 479 g/mol. The predicted molar refractivity (Wildman–Crippen MR) is 133 cm³/mol. The summed E-state index contributed by atoms with van der Waals surface area (Å²) in [7, 11) is 0. The zero-order valence-corrected chi connectivity index (χ0v) is 20.2. The van der Waals surface area contributed by atoms with Gasteiger partial charge < -0.3 is 20.5 Å². The minimum Gasteiger partial charge on any atom is -0.481 e. The van der Waals surface area contributed by atoms with Crippen molar-refractivity contribution in [3.8, 4) is 11.1 Å². The van der Waals surface area contributed by atoms with Gasteiger partial charge in [0, 0.05) is 24.4 Å². The molecule has 2 aliphatic rings. The van der Waals surface area contributed by atoms with Gasteiger partial charge in [0.15, 0.2) is 0 Å². The van der Waals surface area contributed by atoms with Crippen LogP contribution >= 0.6 is 0 Å². The molecule has 4 rings (SSSR count). The number of alkyl carbamates (subject to hydrolysis) is 1. The first-order valence-electron chi connectivity index (χ1n) is 12.6. The van der Waals surface area contributed by atoms with Crippen LogP contribution in [0.2, 0.25) is 0 Å². The second kappa shape index (κ2) is 11.4. The van der Waals surface area contributed by atoms with Crippen LogP contribution in [0.3, 0.4) is 0 Å². The highest BCUT2D eigenvalue weighted by atomic mass is 16.5. The van der Waals surface area contributed by atoms with E-state index >= 15 is 0 Å². The van der Waals surface area contributed by atoms with Gasteiger partial charge in [-0.05, 0) is 48.4 Å². The smallest absolute Gasteiger partial charge is 0.407 e. The van der Waals surface area contributed by atoms with Crippen molar-refractivity contribution >= 4 is 18.0 Å². The summed E-state index contributed by atoms with van der Waals surface area (Å²) in [5.41, 5.74) is 4.66. The number of benzene rings is 2. The van der Waals surface area contributed by atoms with Gasteiger partial charge in [-0.1, -0.05) is 67.8 Å². The number of carbonyl (C=O) groups excluding carboxylic acids is 2. The first-order valence-corrected chi connectivity index (χ1v) is 12.6. The average Bonchev–Trinajstić information content (AvgIpc) is 2.97. The highest BCUT2D eigenvalue weighted by Gasteiger charge is 2.33. The molecule has 3 N–H and O–H groups in total. The largest absolute Gasteiger partial charge is 0.481 e. The first kappa shape index (κ1) is 24.8. The fourth-order valence-corrected chi connectivity index (χ4v) is 5.35. The van der Waals surface area contributed by atoms with Crippen LogP contribution in [0.1, 0.15) is 68.9 Å². The van der Waals surface area contributed by atoms with Gasteiger partial charge in [-0.25, -0.2) is 4.79 Å². The lowest BCUT2D eigenvalue weighted by atomic mass is 9.93. The third-order valence-electron chi connectivity index (χ3n) is 7.18. The Morgan fingerprint density at radius 3 is 2.26 bits per heavy atom. The quantitative estimate of drug-likeness (QED) is 0.471. The van der Waals surface area contributed by atoms with Crippen molar-refractivity contribution in [2.24, 2.45) is 5.92 Å². The molecule has 1 saturated carbocycles. The van der Waals surface area contributed by atoms with Gasteiger partial charge in [0.1, 0.15) is 6.61 Å². The number of carboxylic acid groups (broad SMARTS) is 1. The molecule has 2 aromatic carbocycles. The van der Waals surface area contributed by atoms with Crippen LogP contribution in [0.5, 0.6) is 0 Å². The summed E-state index contributed by atoms with van der Waals surface area (Å²) in [6, 6.07) is 15.9. The molecule has 1 fully saturated rings. The van der Waals surface area contributed by atoms with Crippen LogP contribution in [0.4, 0.5) is 4.79 Å². The molecule has 7 nitrogen and oxygen atoms in total. The van der Waals surface area contributed by atoms with Crippen LogP contribution in [-0.4, -0.2) is 41.8 Å². The molecule has 186 valence electrons. The van der Waals surface area contributed by atoms with Gasteiger partial charge in [-0.15, -0.1) is 0 Å². The molecule has 0 heterocycles. The molecular formula is C28H34N2O5. The molecule has 3 atom stereocenters. The van der Waals surface area contributed by atoms with Crippen molar-refractivity contribution in [1.82, 2.24) is 10.6 Å². The van der Waals surface area contributed by atoms with E-state index in [4.69, 9.17) is 9.84 Å². The number of nitrogens with one attached hydrogen (secondary N) is 2. The number of ether oxygens (including phenoxy) is 1. The van der Waals surface area contributed by atoms with E-state index in [-0.39, 0.29) is 42.9 Å². The highest BCUT2D eigenvalue weighted by molar-refractivity contribution is 5.81. The zero-order chi connectivity index (χ0) is 24.8. The van der Waals surface area contributed by atoms with Crippen molar-refractivity contribution in [2.75, 3.05) is 6.61 Å². The lowest BCUT2D eigenvalue weighted by molar-refractivity contribution is -0.137. The monoisotopic (exact) mass is 478 g/mol. The standard InChI is InChI=1S/C28H34N2O5/c1-18(15-16-26(31)32)29-27(33)23-13-3-2-4-14-25(23)30-28(34)35-17-24-21-11-7-5-9-19(21)20-10-6-8-12-22(20)24/h5-12,18,23-25H,2-4,13-17H2,1H3,(H,29,33)(H,30,34)(H,31,32)/t18?,23-,25+/m0/s1. The normalized spacial score (nSPS) is 20.1. The molecule has 2 amide bonds. The highest BCUT2D eigenvalue weighted by Crippen LogP contribution is 2.44. The van der Waals surface area contributed by atoms with E-state index in [2.05, 4.69) is 34.9 Å². The summed E-state index contributed by atoms with van der Waals surface area (Å²) in [5, 5.41) is 14.8. The summed E-state index contributed by atoms with van der Waals surface area (Å²) >= 11 is 0. The van der Waals surface area contributed by atoms with E-state index in [1.54, 1.807) is 0 Å². The second-order valence-corrected chi connectivity index (χ2v) is 9.66. The van der Waals surface area contributed by atoms with Crippen molar-refractivity contribution in [3.63, 3.8) is 0 Å². The molecule has 35 heavy (non-hydrogen) atoms. The number of carbonyl (C=O) groups is 3. The Morgan fingerprint density at radius 2 is 1.60 bits per heavy atom. The lowest BCUT2D eigenvalue weighted by Gasteiger charge is -2.27. The van der Waals surface area contributed by atoms with Gasteiger partial charge in [-0.2, -0.15) is 0 Å². The molecule has 0 aromatic heterocycles. The third-order valence-corrected chi connectivity index (χ3v) is 7.18. The molecule has 0 saturated heterocycles. The van der Waals surface area contributed by atoms with E-state index in [9.17, 15) is 14.4 Å². The number of carboxylic acids is 1. The van der Waals surface area contributed by atoms with Gasteiger partial charge >= 0.3 is 12.1 Å². The first-order chi connectivity index (χ1) is 16.9. The maximum absolute atomic E-state index is 13.0. The molecule has 1 unspecified atom stereocenters. The topological polar surface area (TPSA) is 105 Å². The summed E-state index contributed by atoms with van der Waals surface area (Å²) in [5.74, 6) is -1.38. The van der Waals surface area contributed by atoms with Crippen molar-refractivity contribution in [1.29, 1.82) is 0 Å². The van der Waals surface area contributed by atoms with Crippen LogP contribution in [-0.2, 0) is 14.3 Å². The van der Waals surface area contributed by atoms with Crippen molar-refractivity contribution < 1.29 is 24.2 Å². The summed E-state index contributed by atoms with van der Waals surface area (Å²) in [4.78, 5) is 36.7. The summed E-state index contributed by atoms with van der Waals surface area (Å²) in [6.45, 7) is 2.04. The Kier molecular flexibility index (Phi) is 8.06. The minimum absolute atomic E-state index is 0.00748. The zero-order valence-electron chi connectivity index (χ0n) is 20.2. The SMILES string of the molecule is CC(CCC(=O)O)NC(=O)[C@H]1CCCCC[C@H]1NC(=O)OCC1c2ccccc2-c2ccccc21. The van der Waals surface area contributed by atoms with Crippen LogP contribution in [0.15, 0.2) is 48.5 Å². The van der Waals surface area contributed by atoms with E-state index < -0.39 is 12.1 Å². The molecule has 0 spiro atoms. The number of aliphatic carboxylic acids is 1. The predicted octanol–water partition coefficient (Wildman–Crippen LogP) is 4.84.